The van der Waals surface area contributed by atoms with Gasteiger partial charge in [-0.1, -0.05) is 24.3 Å². The highest BCUT2D eigenvalue weighted by Crippen LogP contribution is 2.24. The van der Waals surface area contributed by atoms with Gasteiger partial charge in [0.25, 0.3) is 5.91 Å². The third kappa shape index (κ3) is 4.93. The number of hydrogen-bond donors (Lipinski definition) is 4. The van der Waals surface area contributed by atoms with Gasteiger partial charge < -0.3 is 21.7 Å². The van der Waals surface area contributed by atoms with Crippen LogP contribution in [0.3, 0.4) is 0 Å². The Bertz CT molecular complexity index is 959. The Hall–Kier alpha value is -3.71. The molecule has 3 aromatic rings. The van der Waals surface area contributed by atoms with Crippen LogP contribution in [0.25, 0.3) is 0 Å². The molecule has 0 spiro atoms. The Balaban J connectivity index is 1.79. The second kappa shape index (κ2) is 8.79. The van der Waals surface area contributed by atoms with E-state index in [1.54, 1.807) is 54.9 Å². The first kappa shape index (κ1) is 19.1. The molecule has 1 heterocycles. The smallest absolute Gasteiger partial charge is 0.323 e. The van der Waals surface area contributed by atoms with Crippen molar-refractivity contribution >= 4 is 29.0 Å². The van der Waals surface area contributed by atoms with E-state index in [0.29, 0.717) is 22.6 Å². The molecule has 0 radical (unpaired) electrons. The second-order valence-electron chi connectivity index (χ2n) is 6.23. The SMILES string of the molecule is CC(N)c1ccc(C(=O)Nc2ccncc2)cc1NC(=O)Nc1ccccc1. The van der Waals surface area contributed by atoms with Crippen LogP contribution in [-0.4, -0.2) is 16.9 Å². The van der Waals surface area contributed by atoms with Gasteiger partial charge in [0.05, 0.1) is 0 Å². The van der Waals surface area contributed by atoms with Crippen LogP contribution >= 0.6 is 0 Å². The minimum atomic E-state index is -0.417. The lowest BCUT2D eigenvalue weighted by Crippen LogP contribution is -2.22. The predicted octanol–water partition coefficient (Wildman–Crippen LogP) is 4.00. The fraction of sp³-hybridized carbons (Fsp3) is 0.0952. The number of aromatic nitrogens is 1. The number of carbonyl (C=O) groups is 2. The lowest BCUT2D eigenvalue weighted by Gasteiger charge is -2.16. The molecule has 0 aliphatic carbocycles. The van der Waals surface area contributed by atoms with Crippen molar-refractivity contribution in [2.75, 3.05) is 16.0 Å². The number of nitrogens with two attached hydrogens (primary N) is 1. The zero-order valence-electron chi connectivity index (χ0n) is 15.3. The van der Waals surface area contributed by atoms with E-state index in [4.69, 9.17) is 5.73 Å². The summed E-state index contributed by atoms with van der Waals surface area (Å²) in [5.74, 6) is -0.297. The number of nitrogens with zero attached hydrogens (tertiary/aromatic N) is 1. The van der Waals surface area contributed by atoms with Gasteiger partial charge in [0.2, 0.25) is 0 Å². The van der Waals surface area contributed by atoms with Gasteiger partial charge in [0.1, 0.15) is 0 Å². The number of para-hydroxylation sites is 1. The van der Waals surface area contributed by atoms with Gasteiger partial charge in [-0.15, -0.1) is 0 Å². The summed E-state index contributed by atoms with van der Waals surface area (Å²) >= 11 is 0. The van der Waals surface area contributed by atoms with E-state index in [-0.39, 0.29) is 11.9 Å². The highest BCUT2D eigenvalue weighted by Gasteiger charge is 2.14. The third-order valence-electron chi connectivity index (χ3n) is 4.02. The zero-order chi connectivity index (χ0) is 19.9. The maximum absolute atomic E-state index is 12.5. The average molecular weight is 375 g/mol. The zero-order valence-corrected chi connectivity index (χ0v) is 15.3. The van der Waals surface area contributed by atoms with Crippen molar-refractivity contribution < 1.29 is 9.59 Å². The first-order valence-corrected chi connectivity index (χ1v) is 8.77. The topological polar surface area (TPSA) is 109 Å². The number of hydrogen-bond acceptors (Lipinski definition) is 4. The standard InChI is InChI=1S/C21H21N5O2/c1-14(22)18-8-7-15(20(27)24-17-9-11-23-12-10-17)13-19(18)26-21(28)25-16-5-3-2-4-6-16/h2-14H,22H2,1H3,(H,23,24,27)(H2,25,26,28). The molecular formula is C21H21N5O2. The lowest BCUT2D eigenvalue weighted by atomic mass is 10.0. The summed E-state index contributed by atoms with van der Waals surface area (Å²) in [7, 11) is 0. The van der Waals surface area contributed by atoms with Crippen LogP contribution in [0.15, 0.2) is 73.1 Å². The summed E-state index contributed by atoms with van der Waals surface area (Å²) in [5, 5.41) is 8.31. The molecule has 7 heteroatoms. The van der Waals surface area contributed by atoms with Crippen molar-refractivity contribution in [1.82, 2.24) is 4.98 Å². The van der Waals surface area contributed by atoms with Crippen LogP contribution in [0, 0.1) is 0 Å². The van der Waals surface area contributed by atoms with Crippen LogP contribution in [0.4, 0.5) is 21.9 Å². The molecule has 0 fully saturated rings. The van der Waals surface area contributed by atoms with Gasteiger partial charge in [0, 0.05) is 41.1 Å². The van der Waals surface area contributed by atoms with Crippen molar-refractivity contribution in [3.8, 4) is 0 Å². The van der Waals surface area contributed by atoms with E-state index in [1.165, 1.54) is 0 Å². The van der Waals surface area contributed by atoms with E-state index in [9.17, 15) is 9.59 Å². The number of rotatable bonds is 5. The fourth-order valence-electron chi connectivity index (χ4n) is 2.65. The third-order valence-corrected chi connectivity index (χ3v) is 4.02. The summed E-state index contributed by atoms with van der Waals surface area (Å²) < 4.78 is 0. The molecule has 2 aromatic carbocycles. The van der Waals surface area contributed by atoms with Crippen molar-refractivity contribution in [3.05, 3.63) is 84.2 Å². The summed E-state index contributed by atoms with van der Waals surface area (Å²) in [6.07, 6.45) is 3.19. The van der Waals surface area contributed by atoms with Gasteiger partial charge in [-0.3, -0.25) is 9.78 Å². The summed E-state index contributed by atoms with van der Waals surface area (Å²) in [6.45, 7) is 1.81. The molecule has 3 amide bonds. The Morgan fingerprint density at radius 3 is 2.25 bits per heavy atom. The van der Waals surface area contributed by atoms with Gasteiger partial charge >= 0.3 is 6.03 Å². The molecule has 7 nitrogen and oxygen atoms in total. The molecule has 3 rings (SSSR count). The van der Waals surface area contributed by atoms with Crippen molar-refractivity contribution in [2.45, 2.75) is 13.0 Å². The molecule has 1 atom stereocenters. The van der Waals surface area contributed by atoms with Gasteiger partial charge in [-0.05, 0) is 48.9 Å². The van der Waals surface area contributed by atoms with E-state index in [0.717, 1.165) is 5.56 Å². The molecule has 0 aliphatic rings. The molecule has 5 N–H and O–H groups in total. The molecule has 0 bridgehead atoms. The molecule has 0 saturated heterocycles. The van der Waals surface area contributed by atoms with Crippen molar-refractivity contribution in [2.24, 2.45) is 5.73 Å². The highest BCUT2D eigenvalue weighted by atomic mass is 16.2. The van der Waals surface area contributed by atoms with E-state index in [1.807, 2.05) is 25.1 Å². The molecule has 1 aromatic heterocycles. The van der Waals surface area contributed by atoms with E-state index < -0.39 is 6.03 Å². The molecular weight excluding hydrogens is 354 g/mol. The number of benzene rings is 2. The monoisotopic (exact) mass is 375 g/mol. The first-order valence-electron chi connectivity index (χ1n) is 8.77. The first-order chi connectivity index (χ1) is 13.5. The second-order valence-corrected chi connectivity index (χ2v) is 6.23. The number of nitrogens with one attached hydrogen (secondary N) is 3. The van der Waals surface area contributed by atoms with Crippen LogP contribution in [0.1, 0.15) is 28.9 Å². The van der Waals surface area contributed by atoms with E-state index >= 15 is 0 Å². The van der Waals surface area contributed by atoms with Gasteiger partial charge in [0.15, 0.2) is 0 Å². The Labute approximate surface area is 163 Å². The van der Waals surface area contributed by atoms with Crippen LogP contribution in [0.2, 0.25) is 0 Å². The number of anilines is 3. The summed E-state index contributed by atoms with van der Waals surface area (Å²) in [6, 6.07) is 16.8. The van der Waals surface area contributed by atoms with Crippen LogP contribution < -0.4 is 21.7 Å². The molecule has 0 aliphatic heterocycles. The quantitative estimate of drug-likeness (QED) is 0.540. The van der Waals surface area contributed by atoms with Crippen LogP contribution in [-0.2, 0) is 0 Å². The minimum absolute atomic E-state index is 0.297. The maximum Gasteiger partial charge on any atom is 0.323 e. The highest BCUT2D eigenvalue weighted by molar-refractivity contribution is 6.06. The van der Waals surface area contributed by atoms with Crippen molar-refractivity contribution in [3.63, 3.8) is 0 Å². The number of urea groups is 1. The summed E-state index contributed by atoms with van der Waals surface area (Å²) in [5.41, 5.74) is 8.91. The largest absolute Gasteiger partial charge is 0.324 e. The lowest BCUT2D eigenvalue weighted by molar-refractivity contribution is 0.102. The Kier molecular flexibility index (Phi) is 5.98. The summed E-state index contributed by atoms with van der Waals surface area (Å²) in [4.78, 5) is 28.8. The van der Waals surface area contributed by atoms with Gasteiger partial charge in [-0.2, -0.15) is 0 Å². The van der Waals surface area contributed by atoms with Crippen LogP contribution in [0.5, 0.6) is 0 Å². The molecule has 0 saturated carbocycles. The number of amides is 3. The minimum Gasteiger partial charge on any atom is -0.324 e. The molecule has 142 valence electrons. The number of carbonyl (C=O) groups excluding carboxylic acids is 2. The van der Waals surface area contributed by atoms with Crippen molar-refractivity contribution in [1.29, 1.82) is 0 Å². The Morgan fingerprint density at radius 1 is 0.893 bits per heavy atom. The normalized spacial score (nSPS) is 11.4. The van der Waals surface area contributed by atoms with E-state index in [2.05, 4.69) is 20.9 Å². The number of pyridine rings is 1. The predicted molar refractivity (Wildman–Crippen MR) is 110 cm³/mol. The maximum atomic E-state index is 12.5. The fourth-order valence-corrected chi connectivity index (χ4v) is 2.65. The molecule has 28 heavy (non-hydrogen) atoms. The Morgan fingerprint density at radius 2 is 1.57 bits per heavy atom. The van der Waals surface area contributed by atoms with Gasteiger partial charge in [-0.25, -0.2) is 4.79 Å². The molecule has 1 unspecified atom stereocenters. The average Bonchev–Trinajstić information content (AvgIpc) is 2.69.